The van der Waals surface area contributed by atoms with E-state index in [1.807, 2.05) is 6.92 Å². The number of ether oxygens (including phenoxy) is 2. The normalized spacial score (nSPS) is 19.1. The van der Waals surface area contributed by atoms with Gasteiger partial charge in [0, 0.05) is 31.5 Å². The van der Waals surface area contributed by atoms with E-state index < -0.39 is 17.3 Å². The van der Waals surface area contributed by atoms with Crippen molar-refractivity contribution in [2.75, 3.05) is 26.3 Å². The van der Waals surface area contributed by atoms with Crippen LogP contribution in [0.4, 0.5) is 13.2 Å². The third-order valence-corrected chi connectivity index (χ3v) is 5.87. The van der Waals surface area contributed by atoms with Crippen molar-refractivity contribution >= 4 is 5.91 Å². The summed E-state index contributed by atoms with van der Waals surface area (Å²) in [6, 6.07) is 9.96. The Hall–Kier alpha value is -2.58. The molecule has 1 amide bonds. The smallest absolute Gasteiger partial charge is 0.416 e. The minimum absolute atomic E-state index is 0.0838. The molecule has 0 bridgehead atoms. The molecular formula is C23H24F3NO4. The standard InChI is InChI=1S/C23H24F3NO4/c1-15-12-16(2-7-20(15)22(29)13-30-14-22)21(28)27-10-8-19(9-11-27)31-18-5-3-17(4-6-18)23(24,25)26/h2-7,12,19,29H,8-11,13-14H2,1H3. The zero-order valence-corrected chi connectivity index (χ0v) is 17.1. The summed E-state index contributed by atoms with van der Waals surface area (Å²) in [6.07, 6.45) is -3.33. The van der Waals surface area contributed by atoms with Gasteiger partial charge in [-0.05, 0) is 54.4 Å². The van der Waals surface area contributed by atoms with Crippen LogP contribution in [0.25, 0.3) is 0 Å². The molecule has 5 nitrogen and oxygen atoms in total. The van der Waals surface area contributed by atoms with Crippen molar-refractivity contribution in [2.24, 2.45) is 0 Å². The van der Waals surface area contributed by atoms with Crippen molar-refractivity contribution in [2.45, 2.75) is 37.6 Å². The van der Waals surface area contributed by atoms with Crippen molar-refractivity contribution < 1.29 is 32.5 Å². The van der Waals surface area contributed by atoms with E-state index in [-0.39, 0.29) is 25.2 Å². The fourth-order valence-corrected chi connectivity index (χ4v) is 4.04. The Morgan fingerprint density at radius 1 is 1.13 bits per heavy atom. The maximum atomic E-state index is 12.9. The van der Waals surface area contributed by atoms with Crippen LogP contribution in [-0.2, 0) is 16.5 Å². The third-order valence-electron chi connectivity index (χ3n) is 5.87. The van der Waals surface area contributed by atoms with Crippen LogP contribution in [0.15, 0.2) is 42.5 Å². The van der Waals surface area contributed by atoms with Crippen molar-refractivity contribution in [1.82, 2.24) is 4.90 Å². The van der Waals surface area contributed by atoms with Crippen molar-refractivity contribution in [1.29, 1.82) is 0 Å². The van der Waals surface area contributed by atoms with Crippen LogP contribution >= 0.6 is 0 Å². The summed E-state index contributed by atoms with van der Waals surface area (Å²) in [5.74, 6) is 0.307. The van der Waals surface area contributed by atoms with Crippen molar-refractivity contribution in [3.63, 3.8) is 0 Å². The quantitative estimate of drug-likeness (QED) is 0.791. The van der Waals surface area contributed by atoms with E-state index in [0.717, 1.165) is 23.3 Å². The number of hydrogen-bond donors (Lipinski definition) is 1. The number of hydrogen-bond acceptors (Lipinski definition) is 4. The minimum atomic E-state index is -4.37. The van der Waals surface area contributed by atoms with E-state index in [1.165, 1.54) is 12.1 Å². The number of nitrogens with zero attached hydrogens (tertiary/aromatic N) is 1. The minimum Gasteiger partial charge on any atom is -0.490 e. The molecule has 0 spiro atoms. The zero-order chi connectivity index (χ0) is 22.2. The molecule has 2 aromatic rings. The fourth-order valence-electron chi connectivity index (χ4n) is 4.04. The van der Waals surface area contributed by atoms with E-state index in [1.54, 1.807) is 23.1 Å². The Bertz CT molecular complexity index is 946. The molecular weight excluding hydrogens is 411 g/mol. The number of amides is 1. The highest BCUT2D eigenvalue weighted by atomic mass is 19.4. The monoisotopic (exact) mass is 435 g/mol. The van der Waals surface area contributed by atoms with E-state index in [4.69, 9.17) is 9.47 Å². The van der Waals surface area contributed by atoms with Gasteiger partial charge in [-0.25, -0.2) is 0 Å². The van der Waals surface area contributed by atoms with Crippen LogP contribution in [-0.4, -0.2) is 48.3 Å². The summed E-state index contributed by atoms with van der Waals surface area (Å²) in [6.45, 7) is 3.39. The number of halogens is 3. The predicted octanol–water partition coefficient (Wildman–Crippen LogP) is 3.92. The van der Waals surface area contributed by atoms with Gasteiger partial charge in [-0.15, -0.1) is 0 Å². The lowest BCUT2D eigenvalue weighted by Gasteiger charge is -2.38. The molecule has 2 aliphatic heterocycles. The Kier molecular flexibility index (Phi) is 5.70. The van der Waals surface area contributed by atoms with Gasteiger partial charge in [0.05, 0.1) is 18.8 Å². The maximum Gasteiger partial charge on any atom is 0.416 e. The first-order valence-electron chi connectivity index (χ1n) is 10.2. The lowest BCUT2D eigenvalue weighted by Crippen LogP contribution is -2.47. The highest BCUT2D eigenvalue weighted by molar-refractivity contribution is 5.94. The molecule has 2 aliphatic rings. The fraction of sp³-hybridized carbons (Fsp3) is 0.435. The first-order chi connectivity index (χ1) is 14.7. The number of carbonyl (C=O) groups excluding carboxylic acids is 1. The lowest BCUT2D eigenvalue weighted by atomic mass is 9.87. The van der Waals surface area contributed by atoms with Crippen LogP contribution < -0.4 is 4.74 Å². The molecule has 0 aromatic heterocycles. The van der Waals surface area contributed by atoms with E-state index in [0.29, 0.717) is 37.2 Å². The highest BCUT2D eigenvalue weighted by Crippen LogP contribution is 2.33. The van der Waals surface area contributed by atoms with E-state index in [9.17, 15) is 23.1 Å². The van der Waals surface area contributed by atoms with E-state index in [2.05, 4.69) is 0 Å². The van der Waals surface area contributed by atoms with Gasteiger partial charge in [-0.2, -0.15) is 13.2 Å². The number of rotatable bonds is 4. The molecule has 31 heavy (non-hydrogen) atoms. The second-order valence-electron chi connectivity index (χ2n) is 8.19. The molecule has 0 atom stereocenters. The van der Waals surface area contributed by atoms with Gasteiger partial charge in [0.25, 0.3) is 5.91 Å². The summed E-state index contributed by atoms with van der Waals surface area (Å²) in [5, 5.41) is 10.5. The first kappa shape index (κ1) is 21.6. The Morgan fingerprint density at radius 3 is 2.29 bits per heavy atom. The summed E-state index contributed by atoms with van der Waals surface area (Å²) in [4.78, 5) is 14.6. The first-order valence-corrected chi connectivity index (χ1v) is 10.2. The molecule has 166 valence electrons. The summed E-state index contributed by atoms with van der Waals surface area (Å²) < 4.78 is 48.9. The number of alkyl halides is 3. The molecule has 2 heterocycles. The number of likely N-dealkylation sites (tertiary alicyclic amines) is 1. The second kappa shape index (κ2) is 8.16. The topological polar surface area (TPSA) is 59.0 Å². The van der Waals surface area contributed by atoms with Crippen LogP contribution in [0, 0.1) is 6.92 Å². The van der Waals surface area contributed by atoms with Crippen LogP contribution in [0.3, 0.4) is 0 Å². The van der Waals surface area contributed by atoms with Gasteiger partial charge in [-0.1, -0.05) is 6.07 Å². The van der Waals surface area contributed by atoms with Crippen molar-refractivity contribution in [3.05, 3.63) is 64.7 Å². The molecule has 2 aromatic carbocycles. The van der Waals surface area contributed by atoms with Crippen LogP contribution in [0.2, 0.25) is 0 Å². The van der Waals surface area contributed by atoms with Gasteiger partial charge in [0.1, 0.15) is 17.5 Å². The van der Waals surface area contributed by atoms with Crippen LogP contribution in [0.1, 0.15) is 39.9 Å². The largest absolute Gasteiger partial charge is 0.490 e. The van der Waals surface area contributed by atoms with Gasteiger partial charge in [0.2, 0.25) is 0 Å². The lowest BCUT2D eigenvalue weighted by molar-refractivity contribution is -0.184. The molecule has 0 aliphatic carbocycles. The average molecular weight is 435 g/mol. The Labute approximate surface area is 178 Å². The van der Waals surface area contributed by atoms with Crippen LogP contribution in [0.5, 0.6) is 5.75 Å². The summed E-state index contributed by atoms with van der Waals surface area (Å²) >= 11 is 0. The average Bonchev–Trinajstić information content (AvgIpc) is 2.72. The van der Waals surface area contributed by atoms with Gasteiger partial charge in [0.15, 0.2) is 0 Å². The number of benzene rings is 2. The molecule has 2 saturated heterocycles. The molecule has 0 unspecified atom stereocenters. The molecule has 4 rings (SSSR count). The SMILES string of the molecule is Cc1cc(C(=O)N2CCC(Oc3ccc(C(F)(F)F)cc3)CC2)ccc1C1(O)COC1. The van der Waals surface area contributed by atoms with E-state index >= 15 is 0 Å². The molecule has 1 N–H and O–H groups in total. The molecule has 0 radical (unpaired) electrons. The van der Waals surface area contributed by atoms with Gasteiger partial charge < -0.3 is 19.5 Å². The Balaban J connectivity index is 1.33. The van der Waals surface area contributed by atoms with Gasteiger partial charge in [-0.3, -0.25) is 4.79 Å². The highest BCUT2D eigenvalue weighted by Gasteiger charge is 2.39. The number of aliphatic hydroxyl groups is 1. The third kappa shape index (κ3) is 4.55. The maximum absolute atomic E-state index is 12.9. The predicted molar refractivity (Wildman–Crippen MR) is 107 cm³/mol. The molecule has 2 fully saturated rings. The number of carbonyl (C=O) groups is 1. The Morgan fingerprint density at radius 2 is 1.77 bits per heavy atom. The van der Waals surface area contributed by atoms with Crippen molar-refractivity contribution in [3.8, 4) is 5.75 Å². The second-order valence-corrected chi connectivity index (χ2v) is 8.19. The number of aryl methyl sites for hydroxylation is 1. The van der Waals surface area contributed by atoms with Gasteiger partial charge >= 0.3 is 6.18 Å². The molecule has 0 saturated carbocycles. The number of piperidine rings is 1. The zero-order valence-electron chi connectivity index (χ0n) is 17.1. The molecule has 8 heteroatoms. The summed E-state index contributed by atoms with van der Waals surface area (Å²) in [5.41, 5.74) is 0.501. The summed E-state index contributed by atoms with van der Waals surface area (Å²) in [7, 11) is 0.